The summed E-state index contributed by atoms with van der Waals surface area (Å²) in [4.78, 5) is 14.6. The molecular weight excluding hydrogens is 254 g/mol. The molecular formula is C16H23NO3. The van der Waals surface area contributed by atoms with Crippen LogP contribution in [0.5, 0.6) is 0 Å². The van der Waals surface area contributed by atoms with E-state index >= 15 is 0 Å². The molecule has 4 nitrogen and oxygen atoms in total. The van der Waals surface area contributed by atoms with Gasteiger partial charge in [-0.2, -0.15) is 0 Å². The summed E-state index contributed by atoms with van der Waals surface area (Å²) in [6.45, 7) is 8.70. The largest absolute Gasteiger partial charge is 0.394 e. The van der Waals surface area contributed by atoms with Gasteiger partial charge in [-0.25, -0.2) is 0 Å². The molecule has 0 aliphatic carbocycles. The van der Waals surface area contributed by atoms with Crippen molar-refractivity contribution in [1.82, 2.24) is 4.90 Å². The smallest absolute Gasteiger partial charge is 0.254 e. The SMILES string of the molecule is Cc1cccc(C)c1C(=O)N1CC(CO)OC(C)(C)C1. The summed E-state index contributed by atoms with van der Waals surface area (Å²) in [6, 6.07) is 5.87. The van der Waals surface area contributed by atoms with Crippen molar-refractivity contribution in [3.05, 3.63) is 34.9 Å². The minimum atomic E-state index is -0.433. The van der Waals surface area contributed by atoms with Crippen LogP contribution in [0.1, 0.15) is 35.3 Å². The number of ether oxygens (including phenoxy) is 1. The first-order chi connectivity index (χ1) is 9.34. The van der Waals surface area contributed by atoms with E-state index in [2.05, 4.69) is 0 Å². The molecule has 1 aromatic rings. The predicted molar refractivity (Wildman–Crippen MR) is 77.9 cm³/mol. The summed E-state index contributed by atoms with van der Waals surface area (Å²) in [6.07, 6.45) is -0.313. The van der Waals surface area contributed by atoms with Gasteiger partial charge < -0.3 is 14.7 Å². The Kier molecular flexibility index (Phi) is 4.16. The van der Waals surface area contributed by atoms with Crippen LogP contribution in [-0.2, 0) is 4.74 Å². The molecule has 110 valence electrons. The van der Waals surface area contributed by atoms with Gasteiger partial charge in [0.2, 0.25) is 0 Å². The lowest BCUT2D eigenvalue weighted by atomic mass is 9.99. The molecule has 0 radical (unpaired) electrons. The highest BCUT2D eigenvalue weighted by atomic mass is 16.5. The molecule has 0 spiro atoms. The molecule has 20 heavy (non-hydrogen) atoms. The number of amides is 1. The quantitative estimate of drug-likeness (QED) is 0.898. The van der Waals surface area contributed by atoms with Crippen LogP contribution < -0.4 is 0 Å². The van der Waals surface area contributed by atoms with Gasteiger partial charge in [0.25, 0.3) is 5.91 Å². The van der Waals surface area contributed by atoms with Crippen LogP contribution in [-0.4, -0.2) is 47.3 Å². The highest BCUT2D eigenvalue weighted by Crippen LogP contribution is 2.24. The molecule has 0 aromatic heterocycles. The molecule has 1 amide bonds. The number of rotatable bonds is 2. The highest BCUT2D eigenvalue weighted by Gasteiger charge is 2.36. The number of aliphatic hydroxyl groups is 1. The van der Waals surface area contributed by atoms with E-state index in [1.165, 1.54) is 0 Å². The van der Waals surface area contributed by atoms with Gasteiger partial charge in [0.1, 0.15) is 0 Å². The van der Waals surface area contributed by atoms with Crippen molar-refractivity contribution in [3.63, 3.8) is 0 Å². The minimum Gasteiger partial charge on any atom is -0.394 e. The van der Waals surface area contributed by atoms with E-state index in [0.29, 0.717) is 13.1 Å². The maximum absolute atomic E-state index is 12.8. The first-order valence-corrected chi connectivity index (χ1v) is 6.98. The van der Waals surface area contributed by atoms with Crippen molar-refractivity contribution in [2.45, 2.75) is 39.4 Å². The summed E-state index contributed by atoms with van der Waals surface area (Å²) in [5.41, 5.74) is 2.30. The molecule has 1 aliphatic heterocycles. The van der Waals surface area contributed by atoms with Crippen molar-refractivity contribution in [2.75, 3.05) is 19.7 Å². The number of aliphatic hydroxyl groups excluding tert-OH is 1. The lowest BCUT2D eigenvalue weighted by molar-refractivity contribution is -0.139. The van der Waals surface area contributed by atoms with Crippen LogP contribution in [0.3, 0.4) is 0 Å². The zero-order valence-corrected chi connectivity index (χ0v) is 12.6. The topological polar surface area (TPSA) is 49.8 Å². The molecule has 1 aliphatic rings. The Morgan fingerprint density at radius 3 is 2.55 bits per heavy atom. The van der Waals surface area contributed by atoms with E-state index in [1.54, 1.807) is 4.90 Å². The van der Waals surface area contributed by atoms with Crippen LogP contribution in [0.25, 0.3) is 0 Å². The zero-order valence-electron chi connectivity index (χ0n) is 12.6. The van der Waals surface area contributed by atoms with Gasteiger partial charge in [-0.1, -0.05) is 18.2 Å². The van der Waals surface area contributed by atoms with Gasteiger partial charge in [0.05, 0.1) is 18.3 Å². The number of carbonyl (C=O) groups excluding carboxylic acids is 1. The molecule has 0 bridgehead atoms. The summed E-state index contributed by atoms with van der Waals surface area (Å²) in [5.74, 6) is 0.0235. The third-order valence-electron chi connectivity index (χ3n) is 3.67. The summed E-state index contributed by atoms with van der Waals surface area (Å²) >= 11 is 0. The molecule has 1 unspecified atom stereocenters. The average molecular weight is 277 g/mol. The fourth-order valence-corrected chi connectivity index (χ4v) is 2.86. The van der Waals surface area contributed by atoms with E-state index in [1.807, 2.05) is 45.9 Å². The molecule has 4 heteroatoms. The van der Waals surface area contributed by atoms with E-state index < -0.39 is 5.60 Å². The lowest BCUT2D eigenvalue weighted by Gasteiger charge is -2.42. The number of morpholine rings is 1. The van der Waals surface area contributed by atoms with Crippen molar-refractivity contribution in [2.24, 2.45) is 0 Å². The maximum Gasteiger partial charge on any atom is 0.254 e. The third-order valence-corrected chi connectivity index (χ3v) is 3.67. The Morgan fingerprint density at radius 2 is 2.00 bits per heavy atom. The van der Waals surface area contributed by atoms with Crippen LogP contribution in [0.4, 0.5) is 0 Å². The Hall–Kier alpha value is -1.39. The monoisotopic (exact) mass is 277 g/mol. The van der Waals surface area contributed by atoms with Crippen LogP contribution in [0.15, 0.2) is 18.2 Å². The number of nitrogens with zero attached hydrogens (tertiary/aromatic N) is 1. The number of carbonyl (C=O) groups is 1. The van der Waals surface area contributed by atoms with Crippen LogP contribution in [0, 0.1) is 13.8 Å². The number of aryl methyl sites for hydroxylation is 2. The van der Waals surface area contributed by atoms with Crippen LogP contribution in [0.2, 0.25) is 0 Å². The fraction of sp³-hybridized carbons (Fsp3) is 0.562. The van der Waals surface area contributed by atoms with Gasteiger partial charge in [-0.05, 0) is 38.8 Å². The first kappa shape index (κ1) is 15.0. The number of benzene rings is 1. The maximum atomic E-state index is 12.8. The molecule has 1 saturated heterocycles. The van der Waals surface area contributed by atoms with E-state index in [-0.39, 0.29) is 18.6 Å². The van der Waals surface area contributed by atoms with E-state index in [4.69, 9.17) is 4.74 Å². The number of hydrogen-bond donors (Lipinski definition) is 1. The van der Waals surface area contributed by atoms with Crippen molar-refractivity contribution >= 4 is 5.91 Å². The Bertz CT molecular complexity index is 490. The van der Waals surface area contributed by atoms with E-state index in [9.17, 15) is 9.90 Å². The Labute approximate surface area is 120 Å². The Morgan fingerprint density at radius 1 is 1.40 bits per heavy atom. The Balaban J connectivity index is 2.28. The molecule has 1 N–H and O–H groups in total. The van der Waals surface area contributed by atoms with Gasteiger partial charge in [0.15, 0.2) is 0 Å². The minimum absolute atomic E-state index is 0.0235. The van der Waals surface area contributed by atoms with Crippen molar-refractivity contribution in [1.29, 1.82) is 0 Å². The first-order valence-electron chi connectivity index (χ1n) is 6.98. The average Bonchev–Trinajstić information content (AvgIpc) is 2.36. The molecule has 1 fully saturated rings. The lowest BCUT2D eigenvalue weighted by Crippen LogP contribution is -2.55. The second-order valence-electron chi connectivity index (χ2n) is 6.13. The second kappa shape index (κ2) is 5.54. The summed E-state index contributed by atoms with van der Waals surface area (Å²) in [5, 5.41) is 9.34. The van der Waals surface area contributed by atoms with Gasteiger partial charge >= 0.3 is 0 Å². The molecule has 2 rings (SSSR count). The third kappa shape index (κ3) is 3.02. The van der Waals surface area contributed by atoms with E-state index in [0.717, 1.165) is 16.7 Å². The van der Waals surface area contributed by atoms with Crippen molar-refractivity contribution < 1.29 is 14.6 Å². The predicted octanol–water partition coefficient (Wildman–Crippen LogP) is 1.92. The van der Waals surface area contributed by atoms with Gasteiger partial charge in [-0.3, -0.25) is 4.79 Å². The van der Waals surface area contributed by atoms with Gasteiger partial charge in [0, 0.05) is 18.7 Å². The van der Waals surface area contributed by atoms with Crippen LogP contribution >= 0.6 is 0 Å². The molecule has 1 atom stereocenters. The zero-order chi connectivity index (χ0) is 14.9. The fourth-order valence-electron chi connectivity index (χ4n) is 2.86. The number of hydrogen-bond acceptors (Lipinski definition) is 3. The normalized spacial score (nSPS) is 21.9. The standard InChI is InChI=1S/C16H23NO3/c1-11-6-5-7-12(2)14(11)15(19)17-8-13(9-18)20-16(3,4)10-17/h5-7,13,18H,8-10H2,1-4H3. The molecule has 0 saturated carbocycles. The summed E-state index contributed by atoms with van der Waals surface area (Å²) in [7, 11) is 0. The molecule has 1 heterocycles. The summed E-state index contributed by atoms with van der Waals surface area (Å²) < 4.78 is 5.76. The van der Waals surface area contributed by atoms with Gasteiger partial charge in [-0.15, -0.1) is 0 Å². The second-order valence-corrected chi connectivity index (χ2v) is 6.13. The van der Waals surface area contributed by atoms with Crippen molar-refractivity contribution in [3.8, 4) is 0 Å². The highest BCUT2D eigenvalue weighted by molar-refractivity contribution is 5.97. The molecule has 1 aromatic carbocycles.